The summed E-state index contributed by atoms with van der Waals surface area (Å²) in [7, 11) is -3.03. The van der Waals surface area contributed by atoms with Crippen molar-refractivity contribution in [3.63, 3.8) is 0 Å². The highest BCUT2D eigenvalue weighted by molar-refractivity contribution is 7.55. The molecule has 0 saturated heterocycles. The van der Waals surface area contributed by atoms with Crippen molar-refractivity contribution >= 4 is 7.52 Å². The molecule has 0 amide bonds. The van der Waals surface area contributed by atoms with E-state index in [0.717, 1.165) is 12.8 Å². The predicted octanol–water partition coefficient (Wildman–Crippen LogP) is 2.75. The third kappa shape index (κ3) is 10.1. The zero-order valence-electron chi connectivity index (χ0n) is 8.92. The fraction of sp³-hybridized carbons (Fsp3) is 1.00. The van der Waals surface area contributed by atoms with Crippen LogP contribution >= 0.6 is 7.52 Å². The fourth-order valence-corrected chi connectivity index (χ4v) is 2.30. The third-order valence-electron chi connectivity index (χ3n) is 1.95. The van der Waals surface area contributed by atoms with E-state index in [1.54, 1.807) is 0 Å². The topological polar surface area (TPSA) is 49.3 Å². The SMILES string of the molecule is CCCCCCC(C)NP(C)(=O)O. The first-order valence-electron chi connectivity index (χ1n) is 5.03. The van der Waals surface area contributed by atoms with Crippen molar-refractivity contribution in [2.75, 3.05) is 6.66 Å². The minimum Gasteiger partial charge on any atom is -0.333 e. The van der Waals surface area contributed by atoms with Gasteiger partial charge in [-0.05, 0) is 13.3 Å². The van der Waals surface area contributed by atoms with Crippen molar-refractivity contribution in [2.45, 2.75) is 52.0 Å². The molecule has 4 heteroatoms. The Hall–Kier alpha value is 0.150. The molecule has 0 aliphatic rings. The lowest BCUT2D eigenvalue weighted by Gasteiger charge is -2.15. The van der Waals surface area contributed by atoms with Gasteiger partial charge in [0.2, 0.25) is 0 Å². The smallest absolute Gasteiger partial charge is 0.264 e. The van der Waals surface area contributed by atoms with Gasteiger partial charge in [0.15, 0.2) is 0 Å². The van der Waals surface area contributed by atoms with Crippen LogP contribution in [0, 0.1) is 0 Å². The molecule has 2 unspecified atom stereocenters. The average Bonchev–Trinajstić information content (AvgIpc) is 1.94. The minimum atomic E-state index is -3.03. The summed E-state index contributed by atoms with van der Waals surface area (Å²) in [5, 5.41) is 2.71. The molecule has 0 aliphatic heterocycles. The maximum Gasteiger partial charge on any atom is 0.264 e. The van der Waals surface area contributed by atoms with E-state index in [0.29, 0.717) is 0 Å². The molecule has 0 aromatic heterocycles. The Balaban J connectivity index is 3.41. The van der Waals surface area contributed by atoms with Crippen LogP contribution in [0.1, 0.15) is 46.0 Å². The van der Waals surface area contributed by atoms with Gasteiger partial charge in [-0.1, -0.05) is 32.6 Å². The van der Waals surface area contributed by atoms with E-state index in [4.69, 9.17) is 4.89 Å². The van der Waals surface area contributed by atoms with Crippen molar-refractivity contribution in [2.24, 2.45) is 0 Å². The van der Waals surface area contributed by atoms with Gasteiger partial charge in [-0.15, -0.1) is 0 Å². The van der Waals surface area contributed by atoms with E-state index in [1.807, 2.05) is 6.92 Å². The van der Waals surface area contributed by atoms with Gasteiger partial charge in [0, 0.05) is 12.7 Å². The molecule has 13 heavy (non-hydrogen) atoms. The fourth-order valence-electron chi connectivity index (χ4n) is 1.35. The molecule has 0 heterocycles. The largest absolute Gasteiger partial charge is 0.333 e. The number of unbranched alkanes of at least 4 members (excludes halogenated alkanes) is 3. The van der Waals surface area contributed by atoms with Crippen LogP contribution in [-0.2, 0) is 4.57 Å². The van der Waals surface area contributed by atoms with Crippen LogP contribution in [0.4, 0.5) is 0 Å². The second kappa shape index (κ2) is 6.58. The Kier molecular flexibility index (Phi) is 6.66. The molecule has 0 aromatic carbocycles. The van der Waals surface area contributed by atoms with Gasteiger partial charge < -0.3 is 4.89 Å². The van der Waals surface area contributed by atoms with Gasteiger partial charge >= 0.3 is 0 Å². The van der Waals surface area contributed by atoms with Gasteiger partial charge in [0.25, 0.3) is 7.52 Å². The Morgan fingerprint density at radius 3 is 2.46 bits per heavy atom. The van der Waals surface area contributed by atoms with Gasteiger partial charge in [0.1, 0.15) is 0 Å². The van der Waals surface area contributed by atoms with Crippen molar-refractivity contribution in [1.82, 2.24) is 5.09 Å². The maximum absolute atomic E-state index is 11.0. The molecule has 3 nitrogen and oxygen atoms in total. The summed E-state index contributed by atoms with van der Waals surface area (Å²) < 4.78 is 11.0. The number of nitrogens with one attached hydrogen (secondary N) is 1. The minimum absolute atomic E-state index is 0.151. The molecular formula is C9H22NO2P. The van der Waals surface area contributed by atoms with Gasteiger partial charge in [0.05, 0.1) is 0 Å². The normalized spacial score (nSPS) is 18.2. The highest BCUT2D eigenvalue weighted by Crippen LogP contribution is 2.30. The molecule has 0 spiro atoms. The van der Waals surface area contributed by atoms with Crippen LogP contribution < -0.4 is 5.09 Å². The molecule has 0 radical (unpaired) electrons. The maximum atomic E-state index is 11.0. The van der Waals surface area contributed by atoms with Crippen LogP contribution in [0.5, 0.6) is 0 Å². The lowest BCUT2D eigenvalue weighted by Crippen LogP contribution is -2.22. The van der Waals surface area contributed by atoms with Crippen LogP contribution in [-0.4, -0.2) is 17.6 Å². The Morgan fingerprint density at radius 2 is 2.00 bits per heavy atom. The molecule has 0 aromatic rings. The third-order valence-corrected chi connectivity index (χ3v) is 2.87. The molecule has 0 aliphatic carbocycles. The Morgan fingerprint density at radius 1 is 1.38 bits per heavy atom. The Bertz CT molecular complexity index is 167. The van der Waals surface area contributed by atoms with Crippen molar-refractivity contribution in [3.05, 3.63) is 0 Å². The summed E-state index contributed by atoms with van der Waals surface area (Å²) in [4.78, 5) is 9.04. The first kappa shape index (κ1) is 13.2. The highest BCUT2D eigenvalue weighted by atomic mass is 31.2. The van der Waals surface area contributed by atoms with E-state index >= 15 is 0 Å². The predicted molar refractivity (Wildman–Crippen MR) is 57.1 cm³/mol. The second-order valence-corrected chi connectivity index (χ2v) is 5.78. The molecule has 0 fully saturated rings. The molecule has 0 bridgehead atoms. The number of hydrogen-bond acceptors (Lipinski definition) is 1. The van der Waals surface area contributed by atoms with Crippen LogP contribution in [0.2, 0.25) is 0 Å². The van der Waals surface area contributed by atoms with Crippen molar-refractivity contribution in [1.29, 1.82) is 0 Å². The summed E-state index contributed by atoms with van der Waals surface area (Å²) in [5.41, 5.74) is 0. The van der Waals surface area contributed by atoms with E-state index in [2.05, 4.69) is 12.0 Å². The molecule has 80 valence electrons. The van der Waals surface area contributed by atoms with Crippen molar-refractivity contribution < 1.29 is 9.46 Å². The number of hydrogen-bond donors (Lipinski definition) is 2. The number of rotatable bonds is 7. The van der Waals surface area contributed by atoms with E-state index in [1.165, 1.54) is 25.9 Å². The summed E-state index contributed by atoms with van der Waals surface area (Å²) in [5.74, 6) is 0. The zero-order chi connectivity index (χ0) is 10.3. The van der Waals surface area contributed by atoms with Crippen molar-refractivity contribution in [3.8, 4) is 0 Å². The first-order chi connectivity index (χ1) is 5.95. The van der Waals surface area contributed by atoms with E-state index < -0.39 is 7.52 Å². The standard InChI is InChI=1S/C9H22NO2P/c1-4-5-6-7-8-9(2)10-13(3,11)12/h9H,4-8H2,1-3H3,(H2,10,11,12). The van der Waals surface area contributed by atoms with E-state index in [-0.39, 0.29) is 6.04 Å². The van der Waals surface area contributed by atoms with Gasteiger partial charge in [-0.2, -0.15) is 0 Å². The first-order valence-corrected chi connectivity index (χ1v) is 7.14. The quantitative estimate of drug-likeness (QED) is 0.498. The monoisotopic (exact) mass is 207 g/mol. The van der Waals surface area contributed by atoms with Crippen LogP contribution in [0.15, 0.2) is 0 Å². The highest BCUT2D eigenvalue weighted by Gasteiger charge is 2.12. The van der Waals surface area contributed by atoms with Gasteiger partial charge in [-0.25, -0.2) is 5.09 Å². The zero-order valence-corrected chi connectivity index (χ0v) is 9.81. The van der Waals surface area contributed by atoms with Crippen LogP contribution in [0.3, 0.4) is 0 Å². The molecule has 0 saturated carbocycles. The average molecular weight is 207 g/mol. The second-order valence-electron chi connectivity index (χ2n) is 3.76. The van der Waals surface area contributed by atoms with Gasteiger partial charge in [-0.3, -0.25) is 4.57 Å². The lowest BCUT2D eigenvalue weighted by atomic mass is 10.1. The molecule has 2 N–H and O–H groups in total. The van der Waals surface area contributed by atoms with Crippen LogP contribution in [0.25, 0.3) is 0 Å². The Labute approximate surface area is 81.4 Å². The summed E-state index contributed by atoms with van der Waals surface area (Å²) in [6.07, 6.45) is 5.84. The summed E-state index contributed by atoms with van der Waals surface area (Å²) >= 11 is 0. The summed E-state index contributed by atoms with van der Waals surface area (Å²) in [6.45, 7) is 5.48. The molecule has 0 rings (SSSR count). The molecular weight excluding hydrogens is 185 g/mol. The summed E-state index contributed by atoms with van der Waals surface area (Å²) in [6, 6.07) is 0.151. The molecule has 2 atom stereocenters. The lowest BCUT2D eigenvalue weighted by molar-refractivity contribution is 0.447. The van der Waals surface area contributed by atoms with E-state index in [9.17, 15) is 4.57 Å².